The summed E-state index contributed by atoms with van der Waals surface area (Å²) in [4.78, 5) is 35.7. The van der Waals surface area contributed by atoms with Crippen LogP contribution < -0.4 is 4.74 Å². The maximum atomic E-state index is 13.9. The van der Waals surface area contributed by atoms with Crippen molar-refractivity contribution in [3.05, 3.63) is 101 Å². The molecule has 0 saturated heterocycles. The number of halogens is 5. The van der Waals surface area contributed by atoms with Gasteiger partial charge in [-0.3, -0.25) is 0 Å². The van der Waals surface area contributed by atoms with Crippen LogP contribution >= 0.6 is 0 Å². The Bertz CT molecular complexity index is 1420. The van der Waals surface area contributed by atoms with Gasteiger partial charge in [-0.25, -0.2) is 36.3 Å². The molecule has 0 fully saturated rings. The van der Waals surface area contributed by atoms with Crippen molar-refractivity contribution in [3.8, 4) is 16.9 Å². The van der Waals surface area contributed by atoms with Gasteiger partial charge in [0.25, 0.3) is 0 Å². The van der Waals surface area contributed by atoms with Gasteiger partial charge in [0.2, 0.25) is 5.82 Å². The second-order valence-electron chi connectivity index (χ2n) is 9.26. The Labute approximate surface area is 238 Å². The minimum absolute atomic E-state index is 0.195. The molecule has 3 aromatic carbocycles. The summed E-state index contributed by atoms with van der Waals surface area (Å²) >= 11 is 0. The van der Waals surface area contributed by atoms with E-state index in [1.165, 1.54) is 24.3 Å². The molecule has 3 aromatic rings. The number of hydrogen-bond donors (Lipinski definition) is 0. The number of benzene rings is 3. The van der Waals surface area contributed by atoms with Crippen LogP contribution in [0.5, 0.6) is 5.75 Å². The largest absolute Gasteiger partial charge is 0.462 e. The molecule has 0 N–H and O–H groups in total. The van der Waals surface area contributed by atoms with Gasteiger partial charge in [0, 0.05) is 5.57 Å². The van der Waals surface area contributed by atoms with Crippen molar-refractivity contribution in [1.82, 2.24) is 0 Å². The summed E-state index contributed by atoms with van der Waals surface area (Å²) in [6.07, 6.45) is 4.08. The van der Waals surface area contributed by atoms with Crippen LogP contribution in [0.3, 0.4) is 0 Å². The lowest BCUT2D eigenvalue weighted by Gasteiger charge is -2.09. The van der Waals surface area contributed by atoms with E-state index in [-0.39, 0.29) is 12.4 Å². The Morgan fingerprint density at radius 1 is 0.619 bits per heavy atom. The van der Waals surface area contributed by atoms with Crippen LogP contribution in [0, 0.1) is 29.1 Å². The molecule has 0 aliphatic rings. The third-order valence-corrected chi connectivity index (χ3v) is 6.04. The number of carbonyl (C=O) groups is 3. The van der Waals surface area contributed by atoms with Gasteiger partial charge in [0.05, 0.1) is 18.8 Å². The second kappa shape index (κ2) is 14.9. The quantitative estimate of drug-likeness (QED) is 0.0390. The van der Waals surface area contributed by atoms with Crippen LogP contribution in [0.2, 0.25) is 0 Å². The Kier molecular flexibility index (Phi) is 11.3. The Morgan fingerprint density at radius 2 is 1.07 bits per heavy atom. The van der Waals surface area contributed by atoms with Crippen LogP contribution in [-0.2, 0) is 14.3 Å². The van der Waals surface area contributed by atoms with Crippen LogP contribution in [0.25, 0.3) is 11.1 Å². The molecule has 222 valence electrons. The first-order valence-corrected chi connectivity index (χ1v) is 12.9. The van der Waals surface area contributed by atoms with E-state index < -0.39 is 52.6 Å². The Hall–Kier alpha value is -4.54. The lowest BCUT2D eigenvalue weighted by Crippen LogP contribution is -2.17. The number of ether oxygens (including phenoxy) is 3. The van der Waals surface area contributed by atoms with Crippen molar-refractivity contribution in [2.75, 3.05) is 13.2 Å². The zero-order valence-electron chi connectivity index (χ0n) is 22.6. The van der Waals surface area contributed by atoms with E-state index in [0.29, 0.717) is 35.3 Å². The third-order valence-electron chi connectivity index (χ3n) is 6.04. The summed E-state index contributed by atoms with van der Waals surface area (Å²) in [6, 6.07) is 12.0. The molecule has 0 amide bonds. The van der Waals surface area contributed by atoms with Gasteiger partial charge in [-0.05, 0) is 55.2 Å². The zero-order chi connectivity index (χ0) is 30.8. The van der Waals surface area contributed by atoms with Crippen LogP contribution in [-0.4, -0.2) is 31.1 Å². The second-order valence-corrected chi connectivity index (χ2v) is 9.26. The summed E-state index contributed by atoms with van der Waals surface area (Å²) < 4.78 is 82.8. The molecular formula is C31H27F5O6. The standard InChI is InChI=1S/C31H27F5O6/c1-18(2)29(37)40-16-6-4-3-5-7-17-41-30(38)21-10-8-19(9-11-21)20-12-14-22(15-13-20)42-31(39)23-24(32)26(34)28(36)27(35)25(23)33/h8-15H,1,3-7,16-17H2,2H3. The highest BCUT2D eigenvalue weighted by Gasteiger charge is 2.31. The third kappa shape index (κ3) is 8.25. The van der Waals surface area contributed by atoms with Crippen molar-refractivity contribution in [1.29, 1.82) is 0 Å². The van der Waals surface area contributed by atoms with Crippen molar-refractivity contribution in [2.24, 2.45) is 0 Å². The van der Waals surface area contributed by atoms with Gasteiger partial charge in [0.1, 0.15) is 11.3 Å². The molecule has 0 radical (unpaired) electrons. The van der Waals surface area contributed by atoms with Crippen molar-refractivity contribution >= 4 is 17.9 Å². The van der Waals surface area contributed by atoms with E-state index >= 15 is 0 Å². The molecule has 0 aliphatic heterocycles. The van der Waals surface area contributed by atoms with Crippen LogP contribution in [0.4, 0.5) is 22.0 Å². The minimum atomic E-state index is -2.38. The van der Waals surface area contributed by atoms with Crippen molar-refractivity contribution in [3.63, 3.8) is 0 Å². The SMILES string of the molecule is C=C(C)C(=O)OCCCCCCCOC(=O)c1ccc(-c2ccc(OC(=O)c3c(F)c(F)c(F)c(F)c3F)cc2)cc1. The zero-order valence-corrected chi connectivity index (χ0v) is 22.6. The highest BCUT2D eigenvalue weighted by atomic mass is 19.2. The monoisotopic (exact) mass is 590 g/mol. The number of carbonyl (C=O) groups excluding carboxylic acids is 3. The molecule has 3 rings (SSSR count). The highest BCUT2D eigenvalue weighted by molar-refractivity contribution is 5.92. The number of unbranched alkanes of at least 4 members (excludes halogenated alkanes) is 4. The average Bonchev–Trinajstić information content (AvgIpc) is 2.98. The number of hydrogen-bond acceptors (Lipinski definition) is 6. The van der Waals surface area contributed by atoms with Gasteiger partial charge >= 0.3 is 17.9 Å². The average molecular weight is 591 g/mol. The van der Waals surface area contributed by atoms with E-state index in [2.05, 4.69) is 6.58 Å². The lowest BCUT2D eigenvalue weighted by atomic mass is 10.0. The van der Waals surface area contributed by atoms with E-state index in [1.54, 1.807) is 31.2 Å². The first kappa shape index (κ1) is 32.0. The van der Waals surface area contributed by atoms with Gasteiger partial charge in [-0.15, -0.1) is 0 Å². The summed E-state index contributed by atoms with van der Waals surface area (Å²) in [5.74, 6) is -14.3. The van der Waals surface area contributed by atoms with Crippen molar-refractivity contribution in [2.45, 2.75) is 39.0 Å². The topological polar surface area (TPSA) is 78.9 Å². The molecular weight excluding hydrogens is 563 g/mol. The fourth-order valence-electron chi connectivity index (χ4n) is 3.73. The molecule has 0 saturated carbocycles. The molecule has 0 bridgehead atoms. The van der Waals surface area contributed by atoms with Gasteiger partial charge in [-0.2, -0.15) is 0 Å². The van der Waals surface area contributed by atoms with E-state index in [9.17, 15) is 36.3 Å². The minimum Gasteiger partial charge on any atom is -0.462 e. The molecule has 42 heavy (non-hydrogen) atoms. The molecule has 0 unspecified atom stereocenters. The van der Waals surface area contributed by atoms with Gasteiger partial charge in [-0.1, -0.05) is 50.1 Å². The summed E-state index contributed by atoms with van der Waals surface area (Å²) in [7, 11) is 0. The van der Waals surface area contributed by atoms with Crippen LogP contribution in [0.1, 0.15) is 59.7 Å². The van der Waals surface area contributed by atoms with Crippen molar-refractivity contribution < 1.29 is 50.5 Å². The maximum Gasteiger partial charge on any atom is 0.349 e. The van der Waals surface area contributed by atoms with E-state index in [4.69, 9.17) is 14.2 Å². The smallest absolute Gasteiger partial charge is 0.349 e. The fraction of sp³-hybridized carbons (Fsp3) is 0.258. The molecule has 11 heteroatoms. The maximum absolute atomic E-state index is 13.9. The van der Waals surface area contributed by atoms with Gasteiger partial charge < -0.3 is 14.2 Å². The van der Waals surface area contributed by atoms with Gasteiger partial charge in [0.15, 0.2) is 23.3 Å². The number of esters is 3. The Morgan fingerprint density at radius 3 is 1.60 bits per heavy atom. The fourth-order valence-corrected chi connectivity index (χ4v) is 3.73. The molecule has 0 spiro atoms. The molecule has 0 atom stereocenters. The van der Waals surface area contributed by atoms with E-state index in [1.807, 2.05) is 0 Å². The highest BCUT2D eigenvalue weighted by Crippen LogP contribution is 2.26. The molecule has 6 nitrogen and oxygen atoms in total. The summed E-state index contributed by atoms with van der Waals surface area (Å²) in [5, 5.41) is 0. The summed E-state index contributed by atoms with van der Waals surface area (Å²) in [5.41, 5.74) is 0.312. The first-order chi connectivity index (χ1) is 20.0. The number of rotatable bonds is 13. The lowest BCUT2D eigenvalue weighted by molar-refractivity contribution is -0.139. The van der Waals surface area contributed by atoms with E-state index in [0.717, 1.165) is 25.7 Å². The van der Waals surface area contributed by atoms with Crippen LogP contribution in [0.15, 0.2) is 60.7 Å². The first-order valence-electron chi connectivity index (χ1n) is 12.9. The molecule has 0 aliphatic carbocycles. The molecule has 0 heterocycles. The normalized spacial score (nSPS) is 10.7. The predicted molar refractivity (Wildman–Crippen MR) is 142 cm³/mol. The Balaban J connectivity index is 1.45. The summed E-state index contributed by atoms with van der Waals surface area (Å²) in [6.45, 7) is 5.71. The predicted octanol–water partition coefficient (Wildman–Crippen LogP) is 7.49. The molecule has 0 aromatic heterocycles.